The highest BCUT2D eigenvalue weighted by Crippen LogP contribution is 2.33. The van der Waals surface area contributed by atoms with E-state index in [1.807, 2.05) is 42.8 Å². The van der Waals surface area contributed by atoms with Crippen LogP contribution in [-0.2, 0) is 14.1 Å². The fourth-order valence-electron chi connectivity index (χ4n) is 3.77. The van der Waals surface area contributed by atoms with Crippen molar-refractivity contribution in [1.82, 2.24) is 9.13 Å². The van der Waals surface area contributed by atoms with Crippen LogP contribution in [0.1, 0.15) is 23.7 Å². The Morgan fingerprint density at radius 3 is 2.36 bits per heavy atom. The first kappa shape index (κ1) is 18.8. The third-order valence-corrected chi connectivity index (χ3v) is 5.76. The summed E-state index contributed by atoms with van der Waals surface area (Å²) in [5, 5.41) is 2.76. The number of hydrogen-bond donors (Lipinski definition) is 0. The van der Waals surface area contributed by atoms with E-state index in [1.54, 1.807) is 29.8 Å². The van der Waals surface area contributed by atoms with Gasteiger partial charge in [0.2, 0.25) is 0 Å². The van der Waals surface area contributed by atoms with Crippen molar-refractivity contribution in [3.63, 3.8) is 0 Å². The molecule has 2 aromatic heterocycles. The smallest absolute Gasteiger partial charge is 0.259 e. The van der Waals surface area contributed by atoms with Gasteiger partial charge in [0.1, 0.15) is 5.65 Å². The number of carbonyl (C=O) groups excluding carboxylic acids is 1. The molecular weight excluding hydrogens is 395 g/mol. The Labute approximate surface area is 171 Å². The van der Waals surface area contributed by atoms with Crippen LogP contribution < -0.4 is 5.56 Å². The molecule has 0 spiro atoms. The number of rotatable bonds is 3. The van der Waals surface area contributed by atoms with E-state index in [1.165, 1.54) is 0 Å². The Morgan fingerprint density at radius 2 is 1.68 bits per heavy atom. The lowest BCUT2D eigenvalue weighted by Gasteiger charge is -2.09. The Morgan fingerprint density at radius 1 is 0.929 bits per heavy atom. The Bertz CT molecular complexity index is 1330. The number of carbonyl (C=O) groups is 1. The van der Waals surface area contributed by atoms with Gasteiger partial charge in [0.05, 0.1) is 10.5 Å². The molecule has 2 aromatic carbocycles. The van der Waals surface area contributed by atoms with Crippen LogP contribution in [0, 0.1) is 0 Å². The lowest BCUT2D eigenvalue weighted by Crippen LogP contribution is -2.20. The van der Waals surface area contributed by atoms with Gasteiger partial charge in [-0.15, -0.1) is 0 Å². The van der Waals surface area contributed by atoms with Crippen molar-refractivity contribution in [1.29, 1.82) is 0 Å². The van der Waals surface area contributed by atoms with E-state index in [9.17, 15) is 9.59 Å². The molecule has 2 heterocycles. The maximum Gasteiger partial charge on any atom is 0.259 e. The number of halogens is 2. The largest absolute Gasteiger partial charge is 0.330 e. The molecule has 0 amide bonds. The fourth-order valence-corrected chi connectivity index (χ4v) is 4.28. The molecule has 0 fully saturated rings. The highest BCUT2D eigenvalue weighted by atomic mass is 35.5. The van der Waals surface area contributed by atoms with E-state index in [0.29, 0.717) is 33.2 Å². The van der Waals surface area contributed by atoms with E-state index in [4.69, 9.17) is 23.2 Å². The second-order valence-electron chi connectivity index (χ2n) is 6.85. The minimum absolute atomic E-state index is 0.0877. The van der Waals surface area contributed by atoms with Crippen molar-refractivity contribution in [2.75, 3.05) is 0 Å². The molecule has 0 saturated heterocycles. The molecule has 6 heteroatoms. The van der Waals surface area contributed by atoms with Crippen LogP contribution in [0.25, 0.3) is 33.1 Å². The molecule has 0 atom stereocenters. The third kappa shape index (κ3) is 2.76. The zero-order valence-corrected chi connectivity index (χ0v) is 17.2. The Balaban J connectivity index is 2.12. The lowest BCUT2D eigenvalue weighted by molar-refractivity contribution is 0.0988. The summed E-state index contributed by atoms with van der Waals surface area (Å²) in [5.41, 5.74) is 3.39. The zero-order chi connectivity index (χ0) is 20.2. The first-order chi connectivity index (χ1) is 13.3. The average Bonchev–Trinajstić information content (AvgIpc) is 2.96. The van der Waals surface area contributed by atoms with Gasteiger partial charge in [0.15, 0.2) is 5.78 Å². The second kappa shape index (κ2) is 6.80. The summed E-state index contributed by atoms with van der Waals surface area (Å²) in [5.74, 6) is 0.0877. The molecule has 0 bridgehead atoms. The maximum absolute atomic E-state index is 13.1. The van der Waals surface area contributed by atoms with E-state index in [-0.39, 0.29) is 11.3 Å². The van der Waals surface area contributed by atoms with Gasteiger partial charge in [-0.2, -0.15) is 0 Å². The van der Waals surface area contributed by atoms with E-state index in [2.05, 4.69) is 0 Å². The molecule has 0 unspecified atom stereocenters. The topological polar surface area (TPSA) is 44.0 Å². The van der Waals surface area contributed by atoms with Crippen LogP contribution in [-0.4, -0.2) is 14.9 Å². The molecular formula is C22H18Cl2N2O2. The molecule has 4 rings (SSSR count). The van der Waals surface area contributed by atoms with Crippen molar-refractivity contribution < 1.29 is 4.79 Å². The van der Waals surface area contributed by atoms with Gasteiger partial charge in [-0.25, -0.2) is 0 Å². The quantitative estimate of drug-likeness (QED) is 0.411. The SMILES string of the molecule is CCC(=O)c1ccc2c(c1)c1cc(-c3ccc(Cl)cc3Cl)c(=O)n(C)c1n2C. The fraction of sp³-hybridized carbons (Fsp3) is 0.182. The van der Waals surface area contributed by atoms with Crippen molar-refractivity contribution in [3.8, 4) is 11.1 Å². The van der Waals surface area contributed by atoms with Crippen LogP contribution in [0.5, 0.6) is 0 Å². The van der Waals surface area contributed by atoms with Gasteiger partial charge in [0.25, 0.3) is 5.56 Å². The molecule has 0 N–H and O–H groups in total. The second-order valence-corrected chi connectivity index (χ2v) is 7.69. The number of ketones is 1. The van der Waals surface area contributed by atoms with Gasteiger partial charge in [-0.1, -0.05) is 36.2 Å². The van der Waals surface area contributed by atoms with Gasteiger partial charge < -0.3 is 4.57 Å². The first-order valence-corrected chi connectivity index (χ1v) is 9.70. The predicted molar refractivity (Wildman–Crippen MR) is 116 cm³/mol. The van der Waals surface area contributed by atoms with Crippen molar-refractivity contribution >= 4 is 50.9 Å². The Kier molecular flexibility index (Phi) is 4.56. The van der Waals surface area contributed by atoms with Crippen LogP contribution >= 0.6 is 23.2 Å². The summed E-state index contributed by atoms with van der Waals surface area (Å²) < 4.78 is 3.59. The van der Waals surface area contributed by atoms with Gasteiger partial charge in [-0.3, -0.25) is 14.2 Å². The summed E-state index contributed by atoms with van der Waals surface area (Å²) in [6, 6.07) is 12.6. The van der Waals surface area contributed by atoms with E-state index in [0.717, 1.165) is 21.9 Å². The standard InChI is InChI=1S/C22H18Cl2N2O2/c1-4-20(27)12-5-8-19-15(9-12)16-11-17(14-7-6-13(23)10-18(14)24)22(28)26(3)21(16)25(19)2/h5-11H,4H2,1-3H3. The number of aryl methyl sites for hydroxylation is 2. The third-order valence-electron chi connectivity index (χ3n) is 5.21. The van der Waals surface area contributed by atoms with Crippen LogP contribution in [0.2, 0.25) is 10.0 Å². The van der Waals surface area contributed by atoms with Crippen LogP contribution in [0.4, 0.5) is 0 Å². The van der Waals surface area contributed by atoms with Gasteiger partial charge in [-0.05, 0) is 36.4 Å². The average molecular weight is 413 g/mol. The molecule has 0 aliphatic rings. The highest BCUT2D eigenvalue weighted by Gasteiger charge is 2.18. The zero-order valence-electron chi connectivity index (χ0n) is 15.7. The number of nitrogens with zero attached hydrogens (tertiary/aromatic N) is 2. The maximum atomic E-state index is 13.1. The molecule has 0 aliphatic carbocycles. The van der Waals surface area contributed by atoms with Gasteiger partial charge >= 0.3 is 0 Å². The summed E-state index contributed by atoms with van der Waals surface area (Å²) in [6.45, 7) is 1.85. The summed E-state index contributed by atoms with van der Waals surface area (Å²) in [4.78, 5) is 25.3. The monoisotopic (exact) mass is 412 g/mol. The van der Waals surface area contributed by atoms with Crippen LogP contribution in [0.15, 0.2) is 47.3 Å². The van der Waals surface area contributed by atoms with Gasteiger partial charge in [0, 0.05) is 53.0 Å². The summed E-state index contributed by atoms with van der Waals surface area (Å²) in [7, 11) is 3.66. The Hall–Kier alpha value is -2.56. The van der Waals surface area contributed by atoms with Crippen molar-refractivity contribution in [2.45, 2.75) is 13.3 Å². The number of fused-ring (bicyclic) bond motifs is 3. The number of Topliss-reactive ketones (excluding diaryl/α,β-unsaturated/α-hetero) is 1. The highest BCUT2D eigenvalue weighted by molar-refractivity contribution is 6.36. The van der Waals surface area contributed by atoms with E-state index < -0.39 is 0 Å². The molecule has 4 aromatic rings. The normalized spacial score (nSPS) is 11.5. The molecule has 0 saturated carbocycles. The first-order valence-electron chi connectivity index (χ1n) is 8.94. The predicted octanol–water partition coefficient (Wildman–Crippen LogP) is 5.60. The number of aromatic nitrogens is 2. The number of hydrogen-bond acceptors (Lipinski definition) is 2. The summed E-state index contributed by atoms with van der Waals surface area (Å²) >= 11 is 12.4. The molecule has 142 valence electrons. The van der Waals surface area contributed by atoms with Crippen LogP contribution in [0.3, 0.4) is 0 Å². The molecule has 0 radical (unpaired) electrons. The minimum Gasteiger partial charge on any atom is -0.330 e. The minimum atomic E-state index is -0.146. The van der Waals surface area contributed by atoms with Crippen molar-refractivity contribution in [3.05, 3.63) is 68.4 Å². The van der Waals surface area contributed by atoms with E-state index >= 15 is 0 Å². The number of benzene rings is 2. The molecule has 0 aliphatic heterocycles. The lowest BCUT2D eigenvalue weighted by atomic mass is 10.0. The summed E-state index contributed by atoms with van der Waals surface area (Å²) in [6.07, 6.45) is 0.445. The number of pyridine rings is 1. The van der Waals surface area contributed by atoms with Crippen molar-refractivity contribution in [2.24, 2.45) is 14.1 Å². The molecule has 4 nitrogen and oxygen atoms in total. The molecule has 28 heavy (non-hydrogen) atoms.